The highest BCUT2D eigenvalue weighted by molar-refractivity contribution is 4.71. The first-order valence-electron chi connectivity index (χ1n) is 6.38. The Hall–Kier alpha value is -0.550. The predicted molar refractivity (Wildman–Crippen MR) is 63.5 cm³/mol. The highest BCUT2D eigenvalue weighted by atomic mass is 15.1. The molecule has 0 aromatic heterocycles. The second kappa shape index (κ2) is 7.70. The van der Waals surface area contributed by atoms with E-state index in [-0.39, 0.29) is 0 Å². The molecule has 0 saturated heterocycles. The first-order valence-corrected chi connectivity index (χ1v) is 6.38. The molecule has 0 bridgehead atoms. The molecule has 0 radical (unpaired) electrons. The number of nitriles is 1. The number of rotatable bonds is 6. The molecule has 0 amide bonds. The lowest BCUT2D eigenvalue weighted by Crippen LogP contribution is -2.27. The smallest absolute Gasteiger partial charge is 0.0621 e. The van der Waals surface area contributed by atoms with Crippen molar-refractivity contribution in [3.05, 3.63) is 0 Å². The van der Waals surface area contributed by atoms with E-state index >= 15 is 0 Å². The van der Waals surface area contributed by atoms with Crippen molar-refractivity contribution in [1.29, 1.82) is 5.26 Å². The van der Waals surface area contributed by atoms with Crippen LogP contribution in [-0.4, -0.2) is 25.0 Å². The van der Waals surface area contributed by atoms with E-state index < -0.39 is 0 Å². The van der Waals surface area contributed by atoms with Gasteiger partial charge in [0.25, 0.3) is 0 Å². The Balaban J connectivity index is 2.01. The van der Waals surface area contributed by atoms with Gasteiger partial charge in [0.15, 0.2) is 0 Å². The Morgan fingerprint density at radius 2 is 1.93 bits per heavy atom. The molecule has 86 valence electrons. The average Bonchev–Trinajstić information content (AvgIpc) is 2.26. The molecular weight excluding hydrogens is 184 g/mol. The standard InChI is InChI=1S/C13H24N2/c1-15(11-7-3-6-10-14)12-13-8-4-2-5-9-13/h13H,2-9,11-12H2,1H3. The summed E-state index contributed by atoms with van der Waals surface area (Å²) in [5, 5.41) is 8.43. The third-order valence-electron chi connectivity index (χ3n) is 3.37. The van der Waals surface area contributed by atoms with Gasteiger partial charge in [-0.25, -0.2) is 0 Å². The van der Waals surface area contributed by atoms with Gasteiger partial charge in [-0.15, -0.1) is 0 Å². The molecule has 1 saturated carbocycles. The zero-order valence-electron chi connectivity index (χ0n) is 10.0. The third-order valence-corrected chi connectivity index (χ3v) is 3.37. The summed E-state index contributed by atoms with van der Waals surface area (Å²) in [5.41, 5.74) is 0. The van der Waals surface area contributed by atoms with E-state index in [1.807, 2.05) is 0 Å². The van der Waals surface area contributed by atoms with Crippen molar-refractivity contribution in [2.45, 2.75) is 51.4 Å². The number of unbranched alkanes of at least 4 members (excludes halogenated alkanes) is 2. The third kappa shape index (κ3) is 5.79. The van der Waals surface area contributed by atoms with E-state index in [2.05, 4.69) is 18.0 Å². The summed E-state index contributed by atoms with van der Waals surface area (Å²) >= 11 is 0. The van der Waals surface area contributed by atoms with Crippen LogP contribution in [0.3, 0.4) is 0 Å². The van der Waals surface area contributed by atoms with Crippen LogP contribution in [0.15, 0.2) is 0 Å². The van der Waals surface area contributed by atoms with Crippen molar-refractivity contribution in [3.8, 4) is 6.07 Å². The van der Waals surface area contributed by atoms with E-state index in [0.717, 1.165) is 25.3 Å². The van der Waals surface area contributed by atoms with Gasteiger partial charge in [0.1, 0.15) is 0 Å². The SMILES string of the molecule is CN(CCCCC#N)CC1CCCCC1. The minimum Gasteiger partial charge on any atom is -0.306 e. The summed E-state index contributed by atoms with van der Waals surface area (Å²) in [6.07, 6.45) is 10.1. The summed E-state index contributed by atoms with van der Waals surface area (Å²) in [6, 6.07) is 2.20. The van der Waals surface area contributed by atoms with Gasteiger partial charge in [-0.05, 0) is 45.2 Å². The largest absolute Gasteiger partial charge is 0.306 e. The highest BCUT2D eigenvalue weighted by Crippen LogP contribution is 2.24. The Morgan fingerprint density at radius 3 is 2.60 bits per heavy atom. The molecule has 0 aliphatic heterocycles. The van der Waals surface area contributed by atoms with Gasteiger partial charge < -0.3 is 4.90 Å². The lowest BCUT2D eigenvalue weighted by Gasteiger charge is -2.26. The molecule has 0 aromatic rings. The maximum atomic E-state index is 8.43. The zero-order valence-corrected chi connectivity index (χ0v) is 10.0. The minimum absolute atomic E-state index is 0.720. The molecule has 1 rings (SSSR count). The molecule has 0 aromatic carbocycles. The molecule has 1 aliphatic carbocycles. The predicted octanol–water partition coefficient (Wildman–Crippen LogP) is 3.19. The fraction of sp³-hybridized carbons (Fsp3) is 0.923. The van der Waals surface area contributed by atoms with Crippen molar-refractivity contribution in [2.24, 2.45) is 5.92 Å². The monoisotopic (exact) mass is 208 g/mol. The molecule has 15 heavy (non-hydrogen) atoms. The van der Waals surface area contributed by atoms with Crippen LogP contribution in [-0.2, 0) is 0 Å². The van der Waals surface area contributed by atoms with Gasteiger partial charge in [0.2, 0.25) is 0 Å². The minimum atomic E-state index is 0.720. The average molecular weight is 208 g/mol. The molecular formula is C13H24N2. The van der Waals surface area contributed by atoms with Crippen LogP contribution in [0.5, 0.6) is 0 Å². The molecule has 0 N–H and O–H groups in total. The normalized spacial score (nSPS) is 17.9. The first-order chi connectivity index (χ1) is 7.33. The first kappa shape index (κ1) is 12.5. The maximum Gasteiger partial charge on any atom is 0.0621 e. The number of hydrogen-bond donors (Lipinski definition) is 0. The summed E-state index contributed by atoms with van der Waals surface area (Å²) in [6.45, 7) is 2.44. The van der Waals surface area contributed by atoms with Gasteiger partial charge >= 0.3 is 0 Å². The van der Waals surface area contributed by atoms with Crippen molar-refractivity contribution in [2.75, 3.05) is 20.1 Å². The van der Waals surface area contributed by atoms with Gasteiger partial charge in [-0.3, -0.25) is 0 Å². The summed E-state index contributed by atoms with van der Waals surface area (Å²) in [4.78, 5) is 2.45. The second-order valence-corrected chi connectivity index (χ2v) is 4.88. The second-order valence-electron chi connectivity index (χ2n) is 4.88. The van der Waals surface area contributed by atoms with Crippen molar-refractivity contribution in [3.63, 3.8) is 0 Å². The Morgan fingerprint density at radius 1 is 1.20 bits per heavy atom. The quantitative estimate of drug-likeness (QED) is 0.627. The molecule has 0 atom stereocenters. The fourth-order valence-electron chi connectivity index (χ4n) is 2.49. The Kier molecular flexibility index (Phi) is 6.43. The van der Waals surface area contributed by atoms with Crippen LogP contribution in [0, 0.1) is 17.2 Å². The highest BCUT2D eigenvalue weighted by Gasteiger charge is 2.14. The number of hydrogen-bond acceptors (Lipinski definition) is 2. The van der Waals surface area contributed by atoms with Gasteiger partial charge in [-0.2, -0.15) is 5.26 Å². The maximum absolute atomic E-state index is 8.43. The van der Waals surface area contributed by atoms with E-state index in [4.69, 9.17) is 5.26 Å². The molecule has 2 nitrogen and oxygen atoms in total. The van der Waals surface area contributed by atoms with Crippen LogP contribution in [0.1, 0.15) is 51.4 Å². The molecule has 0 spiro atoms. The van der Waals surface area contributed by atoms with E-state index in [1.165, 1.54) is 45.1 Å². The topological polar surface area (TPSA) is 27.0 Å². The van der Waals surface area contributed by atoms with Crippen molar-refractivity contribution >= 4 is 0 Å². The Bertz CT molecular complexity index is 189. The van der Waals surface area contributed by atoms with Crippen LogP contribution in [0.2, 0.25) is 0 Å². The van der Waals surface area contributed by atoms with Gasteiger partial charge in [-0.1, -0.05) is 19.3 Å². The number of nitrogens with zero attached hydrogens (tertiary/aromatic N) is 2. The van der Waals surface area contributed by atoms with Crippen molar-refractivity contribution in [1.82, 2.24) is 4.90 Å². The fourth-order valence-corrected chi connectivity index (χ4v) is 2.49. The lowest BCUT2D eigenvalue weighted by atomic mass is 9.89. The molecule has 0 unspecified atom stereocenters. The molecule has 2 heteroatoms. The van der Waals surface area contributed by atoms with Gasteiger partial charge in [0.05, 0.1) is 6.07 Å². The summed E-state index contributed by atoms with van der Waals surface area (Å²) in [5.74, 6) is 0.944. The van der Waals surface area contributed by atoms with Crippen LogP contribution in [0.4, 0.5) is 0 Å². The Labute approximate surface area is 94.3 Å². The van der Waals surface area contributed by atoms with E-state index in [9.17, 15) is 0 Å². The van der Waals surface area contributed by atoms with Crippen LogP contribution < -0.4 is 0 Å². The van der Waals surface area contributed by atoms with Crippen LogP contribution >= 0.6 is 0 Å². The lowest BCUT2D eigenvalue weighted by molar-refractivity contribution is 0.231. The van der Waals surface area contributed by atoms with E-state index in [0.29, 0.717) is 0 Å². The molecule has 1 aliphatic rings. The summed E-state index contributed by atoms with van der Waals surface area (Å²) in [7, 11) is 2.22. The molecule has 0 heterocycles. The molecule has 1 fully saturated rings. The van der Waals surface area contributed by atoms with Gasteiger partial charge in [0, 0.05) is 13.0 Å². The zero-order chi connectivity index (χ0) is 10.9. The van der Waals surface area contributed by atoms with Crippen molar-refractivity contribution < 1.29 is 0 Å². The summed E-state index contributed by atoms with van der Waals surface area (Å²) < 4.78 is 0. The van der Waals surface area contributed by atoms with E-state index in [1.54, 1.807) is 0 Å². The van der Waals surface area contributed by atoms with Crippen LogP contribution in [0.25, 0.3) is 0 Å².